The highest BCUT2D eigenvalue weighted by Crippen LogP contribution is 2.44. The fourth-order valence-corrected chi connectivity index (χ4v) is 3.61. The molecule has 1 saturated carbocycles. The summed E-state index contributed by atoms with van der Waals surface area (Å²) in [6.07, 6.45) is 3.47. The summed E-state index contributed by atoms with van der Waals surface area (Å²) in [5.41, 5.74) is -0.0452. The van der Waals surface area contributed by atoms with Gasteiger partial charge in [-0.1, -0.05) is 12.8 Å². The highest BCUT2D eigenvalue weighted by Gasteiger charge is 2.36. The Balaban J connectivity index is 2.02. The molecule has 1 amide bonds. The standard InChI is InChI=1S/C14H16N2O3S/c15-9-10-3-6-20-13(10)16-11(17)7-14(8-12(18)19)4-1-2-5-14/h3,6H,1-2,4-5,7-8H2,(H,16,17)(H,18,19)/p-1. The maximum absolute atomic E-state index is 12.1. The topological polar surface area (TPSA) is 93.0 Å². The largest absolute Gasteiger partial charge is 0.550 e. The molecular weight excluding hydrogens is 276 g/mol. The lowest BCUT2D eigenvalue weighted by molar-refractivity contribution is -0.308. The number of aliphatic carboxylic acids is 1. The zero-order valence-corrected chi connectivity index (χ0v) is 11.8. The quantitative estimate of drug-likeness (QED) is 0.892. The van der Waals surface area contributed by atoms with Gasteiger partial charge in [0.2, 0.25) is 5.91 Å². The second-order valence-corrected chi connectivity index (χ2v) is 6.17. The third kappa shape index (κ3) is 3.36. The van der Waals surface area contributed by atoms with Gasteiger partial charge in [-0.2, -0.15) is 5.26 Å². The first kappa shape index (κ1) is 14.5. The lowest BCUT2D eigenvalue weighted by Gasteiger charge is -2.28. The molecule has 1 aromatic heterocycles. The Labute approximate surface area is 121 Å². The minimum atomic E-state index is -1.10. The molecule has 1 N–H and O–H groups in total. The summed E-state index contributed by atoms with van der Waals surface area (Å²) in [5, 5.41) is 24.7. The second-order valence-electron chi connectivity index (χ2n) is 5.26. The van der Waals surface area contributed by atoms with Crippen molar-refractivity contribution in [3.05, 3.63) is 17.0 Å². The van der Waals surface area contributed by atoms with Gasteiger partial charge in [-0.05, 0) is 36.1 Å². The zero-order valence-electron chi connectivity index (χ0n) is 11.0. The van der Waals surface area contributed by atoms with E-state index in [4.69, 9.17) is 5.26 Å². The van der Waals surface area contributed by atoms with Crippen LogP contribution in [0.3, 0.4) is 0 Å². The van der Waals surface area contributed by atoms with Crippen molar-refractivity contribution >= 4 is 28.2 Å². The first-order chi connectivity index (χ1) is 9.54. The van der Waals surface area contributed by atoms with E-state index in [9.17, 15) is 14.7 Å². The van der Waals surface area contributed by atoms with Crippen LogP contribution in [0, 0.1) is 16.7 Å². The highest BCUT2D eigenvalue weighted by atomic mass is 32.1. The maximum Gasteiger partial charge on any atom is 0.225 e. The van der Waals surface area contributed by atoms with Gasteiger partial charge in [-0.15, -0.1) is 11.3 Å². The zero-order chi connectivity index (χ0) is 14.6. The first-order valence-electron chi connectivity index (χ1n) is 6.52. The predicted molar refractivity (Wildman–Crippen MR) is 72.8 cm³/mol. The normalized spacial score (nSPS) is 16.6. The average molecular weight is 291 g/mol. The van der Waals surface area contributed by atoms with Crippen molar-refractivity contribution in [3.63, 3.8) is 0 Å². The molecule has 1 heterocycles. The molecule has 0 radical (unpaired) electrons. The molecular formula is C14H15N2O3S-. The van der Waals surface area contributed by atoms with Gasteiger partial charge in [0, 0.05) is 12.4 Å². The van der Waals surface area contributed by atoms with Crippen LogP contribution >= 0.6 is 11.3 Å². The van der Waals surface area contributed by atoms with Crippen molar-refractivity contribution in [2.24, 2.45) is 5.41 Å². The molecule has 0 saturated heterocycles. The van der Waals surface area contributed by atoms with Crippen LogP contribution in [0.15, 0.2) is 11.4 Å². The Morgan fingerprint density at radius 1 is 1.40 bits per heavy atom. The Bertz CT molecular complexity index is 553. The van der Waals surface area contributed by atoms with E-state index in [0.29, 0.717) is 10.6 Å². The summed E-state index contributed by atoms with van der Waals surface area (Å²) >= 11 is 1.29. The lowest BCUT2D eigenvalue weighted by Crippen LogP contribution is -2.33. The van der Waals surface area contributed by atoms with Crippen molar-refractivity contribution < 1.29 is 14.7 Å². The van der Waals surface area contributed by atoms with Crippen LogP contribution in [0.5, 0.6) is 0 Å². The molecule has 1 fully saturated rings. The molecule has 0 aromatic carbocycles. The molecule has 2 rings (SSSR count). The van der Waals surface area contributed by atoms with Crippen molar-refractivity contribution in [2.45, 2.75) is 38.5 Å². The van der Waals surface area contributed by atoms with Gasteiger partial charge < -0.3 is 15.2 Å². The van der Waals surface area contributed by atoms with Crippen LogP contribution in [0.2, 0.25) is 0 Å². The van der Waals surface area contributed by atoms with E-state index in [1.807, 2.05) is 6.07 Å². The van der Waals surface area contributed by atoms with Crippen LogP contribution in [-0.2, 0) is 9.59 Å². The molecule has 0 spiro atoms. The monoisotopic (exact) mass is 291 g/mol. The Morgan fingerprint density at radius 3 is 2.70 bits per heavy atom. The number of carboxylic acids is 1. The number of carbonyl (C=O) groups excluding carboxylic acids is 2. The molecule has 0 bridgehead atoms. The van der Waals surface area contributed by atoms with Crippen LogP contribution in [-0.4, -0.2) is 11.9 Å². The van der Waals surface area contributed by atoms with Gasteiger partial charge in [0.1, 0.15) is 11.1 Å². The van der Waals surface area contributed by atoms with Crippen LogP contribution in [0.4, 0.5) is 5.00 Å². The van der Waals surface area contributed by atoms with Crippen LogP contribution < -0.4 is 10.4 Å². The summed E-state index contributed by atoms with van der Waals surface area (Å²) in [6, 6.07) is 3.65. The number of nitriles is 1. The molecule has 106 valence electrons. The predicted octanol–water partition coefficient (Wildman–Crippen LogP) is 1.65. The molecule has 1 aromatic rings. The number of anilines is 1. The third-order valence-electron chi connectivity index (χ3n) is 3.76. The second kappa shape index (κ2) is 6.06. The number of carbonyl (C=O) groups is 2. The maximum atomic E-state index is 12.1. The summed E-state index contributed by atoms with van der Waals surface area (Å²) < 4.78 is 0. The lowest BCUT2D eigenvalue weighted by atomic mass is 9.79. The van der Waals surface area contributed by atoms with Crippen molar-refractivity contribution in [1.82, 2.24) is 0 Å². The molecule has 20 heavy (non-hydrogen) atoms. The van der Waals surface area contributed by atoms with E-state index >= 15 is 0 Å². The van der Waals surface area contributed by atoms with Gasteiger partial charge in [0.05, 0.1) is 5.56 Å². The molecule has 6 heteroatoms. The smallest absolute Gasteiger partial charge is 0.225 e. The Morgan fingerprint density at radius 2 is 2.10 bits per heavy atom. The fourth-order valence-electron chi connectivity index (χ4n) is 2.85. The SMILES string of the molecule is N#Cc1ccsc1NC(=O)CC1(CC(=O)[O-])CCCC1. The van der Waals surface area contributed by atoms with Crippen LogP contribution in [0.25, 0.3) is 0 Å². The van der Waals surface area contributed by atoms with E-state index in [0.717, 1.165) is 25.7 Å². The van der Waals surface area contributed by atoms with Crippen molar-refractivity contribution in [2.75, 3.05) is 5.32 Å². The summed E-state index contributed by atoms with van der Waals surface area (Å²) in [7, 11) is 0. The number of nitrogens with one attached hydrogen (secondary N) is 1. The van der Waals surface area contributed by atoms with Gasteiger partial charge >= 0.3 is 0 Å². The number of nitrogens with zero attached hydrogens (tertiary/aromatic N) is 1. The number of amides is 1. The number of thiophene rings is 1. The Hall–Kier alpha value is -1.87. The van der Waals surface area contributed by atoms with Gasteiger partial charge in [-0.3, -0.25) is 4.79 Å². The van der Waals surface area contributed by atoms with Gasteiger partial charge in [-0.25, -0.2) is 0 Å². The minimum Gasteiger partial charge on any atom is -0.550 e. The minimum absolute atomic E-state index is 0.0734. The molecule has 0 unspecified atom stereocenters. The number of hydrogen-bond acceptors (Lipinski definition) is 5. The van der Waals surface area contributed by atoms with E-state index in [1.165, 1.54) is 11.3 Å². The van der Waals surface area contributed by atoms with Gasteiger partial charge in [0.25, 0.3) is 0 Å². The number of carboxylic acid groups (broad SMARTS) is 1. The number of rotatable bonds is 5. The molecule has 0 aliphatic heterocycles. The van der Waals surface area contributed by atoms with E-state index in [2.05, 4.69) is 5.32 Å². The summed E-state index contributed by atoms with van der Waals surface area (Å²) in [5.74, 6) is -1.33. The molecule has 1 aliphatic carbocycles. The summed E-state index contributed by atoms with van der Waals surface area (Å²) in [4.78, 5) is 23.0. The molecule has 1 aliphatic rings. The highest BCUT2D eigenvalue weighted by molar-refractivity contribution is 7.14. The average Bonchev–Trinajstić information content (AvgIpc) is 2.97. The third-order valence-corrected chi connectivity index (χ3v) is 4.59. The molecule has 0 atom stereocenters. The van der Waals surface area contributed by atoms with Gasteiger partial charge in [0.15, 0.2) is 0 Å². The van der Waals surface area contributed by atoms with Crippen molar-refractivity contribution in [3.8, 4) is 6.07 Å². The van der Waals surface area contributed by atoms with E-state index < -0.39 is 11.4 Å². The van der Waals surface area contributed by atoms with E-state index in [-0.39, 0.29) is 18.7 Å². The van der Waals surface area contributed by atoms with Crippen molar-refractivity contribution in [1.29, 1.82) is 5.26 Å². The first-order valence-corrected chi connectivity index (χ1v) is 7.40. The molecule has 5 nitrogen and oxygen atoms in total. The van der Waals surface area contributed by atoms with E-state index in [1.54, 1.807) is 11.4 Å². The Kier molecular flexibility index (Phi) is 4.40. The van der Waals surface area contributed by atoms with Crippen LogP contribution in [0.1, 0.15) is 44.1 Å². The number of hydrogen-bond donors (Lipinski definition) is 1. The fraction of sp³-hybridized carbons (Fsp3) is 0.500. The summed E-state index contributed by atoms with van der Waals surface area (Å²) in [6.45, 7) is 0.